The van der Waals surface area contributed by atoms with Gasteiger partial charge in [-0.1, -0.05) is 6.07 Å². The maximum atomic E-state index is 13.2. The van der Waals surface area contributed by atoms with Gasteiger partial charge in [-0.2, -0.15) is 13.2 Å². The topological polar surface area (TPSA) is 48.6 Å². The van der Waals surface area contributed by atoms with Gasteiger partial charge in [-0.3, -0.25) is 4.79 Å². The van der Waals surface area contributed by atoms with Crippen LogP contribution in [-0.2, 0) is 6.18 Å². The summed E-state index contributed by atoms with van der Waals surface area (Å²) >= 11 is 0. The predicted molar refractivity (Wildman–Crippen MR) is 70.9 cm³/mol. The zero-order chi connectivity index (χ0) is 14.7. The number of pyridine rings is 1. The molecule has 20 heavy (non-hydrogen) atoms. The van der Waals surface area contributed by atoms with Gasteiger partial charge in [-0.05, 0) is 25.5 Å². The molecule has 2 heterocycles. The molecule has 2 N–H and O–H groups in total. The van der Waals surface area contributed by atoms with Crippen LogP contribution >= 0.6 is 0 Å². The number of hydrogen-bond donors (Lipinski definition) is 2. The fraction of sp³-hybridized carbons (Fsp3) is 0.214. The summed E-state index contributed by atoms with van der Waals surface area (Å²) < 4.78 is 39.5. The molecule has 1 aromatic carbocycles. The lowest BCUT2D eigenvalue weighted by atomic mass is 10.0. The summed E-state index contributed by atoms with van der Waals surface area (Å²) in [5.41, 5.74) is 0.625. The molecule has 0 radical (unpaired) electrons. The van der Waals surface area contributed by atoms with Gasteiger partial charge in [-0.25, -0.2) is 0 Å². The molecular formula is C14H11F3N2O. The minimum Gasteiger partial charge on any atom is -0.358 e. The van der Waals surface area contributed by atoms with Crippen molar-refractivity contribution in [1.29, 1.82) is 0 Å². The highest BCUT2D eigenvalue weighted by molar-refractivity contribution is 6.07. The number of nitrogens with one attached hydrogen (secondary N) is 2. The van der Waals surface area contributed by atoms with Crippen molar-refractivity contribution >= 4 is 21.8 Å². The van der Waals surface area contributed by atoms with E-state index in [1.807, 2.05) is 6.92 Å². The fourth-order valence-electron chi connectivity index (χ4n) is 2.51. The van der Waals surface area contributed by atoms with Crippen molar-refractivity contribution in [2.45, 2.75) is 20.0 Å². The van der Waals surface area contributed by atoms with Crippen LogP contribution in [0.2, 0.25) is 0 Å². The Morgan fingerprint density at radius 2 is 1.80 bits per heavy atom. The van der Waals surface area contributed by atoms with E-state index in [9.17, 15) is 18.0 Å². The standard InChI is InChI=1S/C14H11F3N2O/c1-6-7(2)18-13-8(6)3-4-10-12(13)9(14(15,16)17)5-11(20)19-10/h3-5,18H,1-2H3,(H,19,20). The van der Waals surface area contributed by atoms with Gasteiger partial charge < -0.3 is 9.97 Å². The Labute approximate surface area is 111 Å². The van der Waals surface area contributed by atoms with E-state index in [1.165, 1.54) is 6.07 Å². The molecular weight excluding hydrogens is 269 g/mol. The van der Waals surface area contributed by atoms with E-state index in [-0.39, 0.29) is 10.9 Å². The Hall–Kier alpha value is -2.24. The summed E-state index contributed by atoms with van der Waals surface area (Å²) in [5.74, 6) is 0. The molecule has 2 aromatic heterocycles. The van der Waals surface area contributed by atoms with Gasteiger partial charge >= 0.3 is 6.18 Å². The normalized spacial score (nSPS) is 12.4. The SMILES string of the molecule is Cc1[nH]c2c(ccc3[nH]c(=O)cc(C(F)(F)F)c32)c1C. The quantitative estimate of drug-likeness (QED) is 0.649. The monoisotopic (exact) mass is 280 g/mol. The Kier molecular flexibility index (Phi) is 2.48. The number of halogens is 3. The van der Waals surface area contributed by atoms with Gasteiger partial charge in [0, 0.05) is 22.5 Å². The first-order valence-corrected chi connectivity index (χ1v) is 6.01. The van der Waals surface area contributed by atoms with E-state index in [4.69, 9.17) is 0 Å². The van der Waals surface area contributed by atoms with E-state index in [0.29, 0.717) is 11.6 Å². The number of fused-ring (bicyclic) bond motifs is 3. The minimum atomic E-state index is -4.58. The molecule has 104 valence electrons. The summed E-state index contributed by atoms with van der Waals surface area (Å²) in [7, 11) is 0. The average molecular weight is 280 g/mol. The summed E-state index contributed by atoms with van der Waals surface area (Å²) in [6, 6.07) is 3.83. The van der Waals surface area contributed by atoms with Crippen molar-refractivity contribution in [2.24, 2.45) is 0 Å². The van der Waals surface area contributed by atoms with Crippen molar-refractivity contribution in [3.63, 3.8) is 0 Å². The van der Waals surface area contributed by atoms with E-state index in [1.54, 1.807) is 13.0 Å². The number of hydrogen-bond acceptors (Lipinski definition) is 1. The van der Waals surface area contributed by atoms with Gasteiger partial charge in [0.25, 0.3) is 0 Å². The van der Waals surface area contributed by atoms with Crippen LogP contribution in [0.5, 0.6) is 0 Å². The summed E-state index contributed by atoms with van der Waals surface area (Å²) in [6.45, 7) is 3.65. The number of H-pyrrole nitrogens is 2. The molecule has 0 amide bonds. The van der Waals surface area contributed by atoms with Crippen LogP contribution in [0.25, 0.3) is 21.8 Å². The summed E-state index contributed by atoms with van der Waals surface area (Å²) in [6.07, 6.45) is -4.58. The third-order valence-electron chi connectivity index (χ3n) is 3.59. The number of alkyl halides is 3. The Bertz CT molecular complexity index is 887. The number of rotatable bonds is 0. The van der Waals surface area contributed by atoms with Crippen LogP contribution in [-0.4, -0.2) is 9.97 Å². The maximum Gasteiger partial charge on any atom is 0.417 e. The predicted octanol–water partition coefficient (Wildman–Crippen LogP) is 3.65. The summed E-state index contributed by atoms with van der Waals surface area (Å²) in [5, 5.41) is 0.735. The highest BCUT2D eigenvalue weighted by atomic mass is 19.4. The third kappa shape index (κ3) is 1.71. The molecule has 0 aliphatic rings. The van der Waals surface area contributed by atoms with Gasteiger partial charge in [-0.15, -0.1) is 0 Å². The molecule has 6 heteroatoms. The highest BCUT2D eigenvalue weighted by Gasteiger charge is 2.34. The molecule has 0 aliphatic heterocycles. The first-order chi connectivity index (χ1) is 9.29. The van der Waals surface area contributed by atoms with Crippen molar-refractivity contribution in [3.05, 3.63) is 45.4 Å². The zero-order valence-electron chi connectivity index (χ0n) is 10.8. The molecule has 0 atom stereocenters. The molecule has 3 rings (SSSR count). The maximum absolute atomic E-state index is 13.2. The molecule has 0 saturated carbocycles. The highest BCUT2D eigenvalue weighted by Crippen LogP contribution is 2.37. The number of benzene rings is 1. The van der Waals surface area contributed by atoms with Crippen LogP contribution in [0.1, 0.15) is 16.8 Å². The summed E-state index contributed by atoms with van der Waals surface area (Å²) in [4.78, 5) is 16.8. The first kappa shape index (κ1) is 12.8. The number of aryl methyl sites for hydroxylation is 2. The van der Waals surface area contributed by atoms with Gasteiger partial charge in [0.15, 0.2) is 0 Å². The van der Waals surface area contributed by atoms with E-state index < -0.39 is 17.3 Å². The minimum absolute atomic E-state index is 0.00537. The second-order valence-corrected chi connectivity index (χ2v) is 4.83. The number of aromatic nitrogens is 2. The van der Waals surface area contributed by atoms with Crippen LogP contribution in [0.4, 0.5) is 13.2 Å². The molecule has 0 unspecified atom stereocenters. The molecule has 0 aliphatic carbocycles. The second kappa shape index (κ2) is 3.88. The molecule has 0 saturated heterocycles. The molecule has 3 nitrogen and oxygen atoms in total. The third-order valence-corrected chi connectivity index (χ3v) is 3.59. The van der Waals surface area contributed by atoms with Crippen molar-refractivity contribution in [2.75, 3.05) is 0 Å². The van der Waals surface area contributed by atoms with E-state index in [0.717, 1.165) is 16.6 Å². The molecule has 3 aromatic rings. The molecule has 0 bridgehead atoms. The lowest BCUT2D eigenvalue weighted by Crippen LogP contribution is -2.14. The average Bonchev–Trinajstić information content (AvgIpc) is 2.63. The lowest BCUT2D eigenvalue weighted by molar-refractivity contribution is -0.136. The number of aromatic amines is 2. The van der Waals surface area contributed by atoms with Crippen LogP contribution < -0.4 is 5.56 Å². The van der Waals surface area contributed by atoms with Gasteiger partial charge in [0.1, 0.15) is 0 Å². The fourth-order valence-corrected chi connectivity index (χ4v) is 2.51. The van der Waals surface area contributed by atoms with Gasteiger partial charge in [0.05, 0.1) is 16.6 Å². The lowest BCUT2D eigenvalue weighted by Gasteiger charge is -2.10. The molecule has 0 fully saturated rings. The van der Waals surface area contributed by atoms with Crippen molar-refractivity contribution in [3.8, 4) is 0 Å². The van der Waals surface area contributed by atoms with E-state index >= 15 is 0 Å². The van der Waals surface area contributed by atoms with Gasteiger partial charge in [0.2, 0.25) is 5.56 Å². The van der Waals surface area contributed by atoms with Crippen molar-refractivity contribution < 1.29 is 13.2 Å². The zero-order valence-corrected chi connectivity index (χ0v) is 10.8. The van der Waals surface area contributed by atoms with Crippen molar-refractivity contribution in [1.82, 2.24) is 9.97 Å². The Balaban J connectivity index is 2.61. The smallest absolute Gasteiger partial charge is 0.358 e. The Morgan fingerprint density at radius 3 is 2.45 bits per heavy atom. The second-order valence-electron chi connectivity index (χ2n) is 4.83. The first-order valence-electron chi connectivity index (χ1n) is 6.01. The van der Waals surface area contributed by atoms with Crippen LogP contribution in [0, 0.1) is 13.8 Å². The molecule has 0 spiro atoms. The van der Waals surface area contributed by atoms with Crippen LogP contribution in [0.15, 0.2) is 23.0 Å². The van der Waals surface area contributed by atoms with Crippen LogP contribution in [0.3, 0.4) is 0 Å². The largest absolute Gasteiger partial charge is 0.417 e. The van der Waals surface area contributed by atoms with E-state index in [2.05, 4.69) is 9.97 Å². The Morgan fingerprint density at radius 1 is 1.10 bits per heavy atom.